The van der Waals surface area contributed by atoms with Crippen molar-refractivity contribution in [3.63, 3.8) is 0 Å². The number of pyridine rings is 1. The van der Waals surface area contributed by atoms with Gasteiger partial charge in [-0.15, -0.1) is 0 Å². The zero-order valence-corrected chi connectivity index (χ0v) is 13.7. The lowest BCUT2D eigenvalue weighted by molar-refractivity contribution is -0.129. The third kappa shape index (κ3) is 4.79. The minimum atomic E-state index is -1.10. The average molecular weight is 395 g/mol. The van der Waals surface area contributed by atoms with Crippen molar-refractivity contribution in [2.45, 2.75) is 26.9 Å². The van der Waals surface area contributed by atoms with E-state index in [1.165, 1.54) is 6.92 Å². The molecular weight excluding hydrogens is 382 g/mol. The second kappa shape index (κ2) is 6.85. The molecule has 2 N–H and O–H groups in total. The van der Waals surface area contributed by atoms with Gasteiger partial charge in [-0.25, -0.2) is 4.79 Å². The van der Waals surface area contributed by atoms with Crippen molar-refractivity contribution in [2.75, 3.05) is 5.43 Å². The smallest absolute Gasteiger partial charge is 0.351 e. The van der Waals surface area contributed by atoms with E-state index in [9.17, 15) is 4.79 Å². The van der Waals surface area contributed by atoms with Gasteiger partial charge < -0.3 is 9.84 Å². The number of hydrazone groups is 1. The first kappa shape index (κ1) is 15.9. The Balaban J connectivity index is 3.01. The molecule has 0 spiro atoms. The van der Waals surface area contributed by atoms with Gasteiger partial charge in [0, 0.05) is 0 Å². The van der Waals surface area contributed by atoms with Crippen LogP contribution in [0.3, 0.4) is 0 Å². The number of aromatic nitrogens is 1. The Morgan fingerprint density at radius 3 is 2.63 bits per heavy atom. The first-order valence-electron chi connectivity index (χ1n) is 5.37. The van der Waals surface area contributed by atoms with Crippen molar-refractivity contribution >= 4 is 49.4 Å². The topological polar surface area (TPSA) is 83.8 Å². The summed E-state index contributed by atoms with van der Waals surface area (Å²) in [4.78, 5) is 14.9. The molecule has 6 nitrogen and oxygen atoms in total. The zero-order valence-electron chi connectivity index (χ0n) is 10.6. The Kier molecular flexibility index (Phi) is 5.74. The molecule has 0 amide bonds. The van der Waals surface area contributed by atoms with Gasteiger partial charge in [-0.05, 0) is 58.7 Å². The molecule has 1 aromatic heterocycles. The number of rotatable bonds is 5. The Morgan fingerprint density at radius 1 is 1.47 bits per heavy atom. The predicted octanol–water partition coefficient (Wildman–Crippen LogP) is 3.27. The number of hydrogen-bond acceptors (Lipinski definition) is 5. The largest absolute Gasteiger partial charge is 0.477 e. The van der Waals surface area contributed by atoms with Gasteiger partial charge in [-0.1, -0.05) is 0 Å². The van der Waals surface area contributed by atoms with Crippen LogP contribution in [-0.2, 0) is 4.79 Å². The van der Waals surface area contributed by atoms with E-state index in [1.54, 1.807) is 6.07 Å². The number of anilines is 1. The van der Waals surface area contributed by atoms with Crippen LogP contribution in [0.2, 0.25) is 0 Å². The van der Waals surface area contributed by atoms with E-state index in [4.69, 9.17) is 9.84 Å². The number of nitrogens with one attached hydrogen (secondary N) is 1. The second-order valence-corrected chi connectivity index (χ2v) is 5.60. The van der Waals surface area contributed by atoms with Crippen LogP contribution in [0.4, 0.5) is 5.82 Å². The summed E-state index contributed by atoms with van der Waals surface area (Å²) in [6.07, 6.45) is -0.0258. The van der Waals surface area contributed by atoms with E-state index in [0.29, 0.717) is 20.6 Å². The molecule has 1 aromatic rings. The molecule has 0 unspecified atom stereocenters. The minimum Gasteiger partial charge on any atom is -0.477 e. The lowest BCUT2D eigenvalue weighted by Gasteiger charge is -2.12. The number of hydrogen-bond donors (Lipinski definition) is 2. The first-order valence-corrected chi connectivity index (χ1v) is 6.96. The molecule has 19 heavy (non-hydrogen) atoms. The second-order valence-electron chi connectivity index (χ2n) is 3.89. The number of halogens is 2. The van der Waals surface area contributed by atoms with Crippen LogP contribution in [0.5, 0.6) is 5.88 Å². The van der Waals surface area contributed by atoms with Gasteiger partial charge in [0.05, 0.1) is 15.0 Å². The molecule has 0 aromatic carbocycles. The molecule has 104 valence electrons. The van der Waals surface area contributed by atoms with Crippen LogP contribution in [0, 0.1) is 0 Å². The molecule has 0 saturated carbocycles. The quantitative estimate of drug-likeness (QED) is 0.591. The molecular formula is C11H13Br2N3O3. The molecule has 0 fully saturated rings. The molecule has 0 saturated heterocycles. The molecule has 0 aliphatic heterocycles. The van der Waals surface area contributed by atoms with Gasteiger partial charge in [-0.2, -0.15) is 10.1 Å². The van der Waals surface area contributed by atoms with Crippen molar-refractivity contribution in [1.29, 1.82) is 0 Å². The molecule has 1 heterocycles. The fraction of sp³-hybridized carbons (Fsp3) is 0.364. The predicted molar refractivity (Wildman–Crippen MR) is 79.8 cm³/mol. The van der Waals surface area contributed by atoms with Crippen molar-refractivity contribution in [2.24, 2.45) is 5.10 Å². The highest BCUT2D eigenvalue weighted by Crippen LogP contribution is 2.31. The van der Waals surface area contributed by atoms with Crippen molar-refractivity contribution in [3.05, 3.63) is 15.0 Å². The summed E-state index contributed by atoms with van der Waals surface area (Å²) in [5, 5.41) is 12.4. The summed E-state index contributed by atoms with van der Waals surface area (Å²) >= 11 is 6.65. The average Bonchev–Trinajstić information content (AvgIpc) is 2.30. The summed E-state index contributed by atoms with van der Waals surface area (Å²) in [7, 11) is 0. The van der Waals surface area contributed by atoms with Crippen LogP contribution >= 0.6 is 31.9 Å². The van der Waals surface area contributed by atoms with Crippen LogP contribution in [0.15, 0.2) is 20.1 Å². The van der Waals surface area contributed by atoms with Crippen molar-refractivity contribution in [1.82, 2.24) is 4.98 Å². The van der Waals surface area contributed by atoms with E-state index in [-0.39, 0.29) is 11.8 Å². The number of carboxylic acids is 1. The lowest BCUT2D eigenvalue weighted by Crippen LogP contribution is -2.11. The highest BCUT2D eigenvalue weighted by molar-refractivity contribution is 9.11. The maximum atomic E-state index is 10.6. The molecule has 8 heteroatoms. The van der Waals surface area contributed by atoms with Crippen molar-refractivity contribution in [3.8, 4) is 5.88 Å². The van der Waals surface area contributed by atoms with Gasteiger partial charge in [0.2, 0.25) is 5.88 Å². The van der Waals surface area contributed by atoms with Gasteiger partial charge in [0.15, 0.2) is 5.82 Å². The summed E-state index contributed by atoms with van der Waals surface area (Å²) in [6, 6.07) is 1.75. The Labute approximate surface area is 127 Å². The maximum Gasteiger partial charge on any atom is 0.351 e. The number of carbonyl (C=O) groups is 1. The van der Waals surface area contributed by atoms with E-state index in [2.05, 4.69) is 47.4 Å². The molecule has 0 aliphatic carbocycles. The molecule has 1 rings (SSSR count). The van der Waals surface area contributed by atoms with E-state index >= 15 is 0 Å². The van der Waals surface area contributed by atoms with Crippen LogP contribution in [-0.4, -0.2) is 27.9 Å². The van der Waals surface area contributed by atoms with Crippen molar-refractivity contribution < 1.29 is 14.6 Å². The lowest BCUT2D eigenvalue weighted by atomic mass is 10.4. The fourth-order valence-electron chi connectivity index (χ4n) is 1.02. The molecule has 0 atom stereocenters. The third-order valence-corrected chi connectivity index (χ3v) is 3.06. The SMILES string of the molecule is C/C(=N\Nc1nc(OC(C)C)c(Br)cc1Br)C(=O)O. The normalized spacial score (nSPS) is 11.6. The van der Waals surface area contributed by atoms with Crippen LogP contribution < -0.4 is 10.2 Å². The van der Waals surface area contributed by atoms with Gasteiger partial charge in [-0.3, -0.25) is 5.43 Å². The summed E-state index contributed by atoms with van der Waals surface area (Å²) < 4.78 is 6.84. The Hall–Kier alpha value is -1.15. The maximum absolute atomic E-state index is 10.6. The van der Waals surface area contributed by atoms with E-state index < -0.39 is 5.97 Å². The highest BCUT2D eigenvalue weighted by Gasteiger charge is 2.11. The number of carboxylic acid groups (broad SMARTS) is 1. The Morgan fingerprint density at radius 2 is 2.11 bits per heavy atom. The molecule has 0 aliphatic rings. The van der Waals surface area contributed by atoms with Crippen LogP contribution in [0.1, 0.15) is 20.8 Å². The molecule has 0 bridgehead atoms. The summed E-state index contributed by atoms with van der Waals surface area (Å²) in [5.74, 6) is -0.317. The highest BCUT2D eigenvalue weighted by atomic mass is 79.9. The molecule has 0 radical (unpaired) electrons. The standard InChI is InChI=1S/C11H13Br2N3O3/c1-5(2)19-10-8(13)4-7(12)9(14-10)16-15-6(3)11(17)18/h4-5H,1-3H3,(H,14,16)(H,17,18)/b15-6+. The van der Waals surface area contributed by atoms with Gasteiger partial charge in [0.25, 0.3) is 0 Å². The fourth-order valence-corrected chi connectivity index (χ4v) is 2.14. The van der Waals surface area contributed by atoms with E-state index in [1.807, 2.05) is 13.8 Å². The number of nitrogens with zero attached hydrogens (tertiary/aromatic N) is 2. The zero-order chi connectivity index (χ0) is 14.6. The van der Waals surface area contributed by atoms with Gasteiger partial charge >= 0.3 is 5.97 Å². The van der Waals surface area contributed by atoms with E-state index in [0.717, 1.165) is 0 Å². The third-order valence-electron chi connectivity index (χ3n) is 1.88. The summed E-state index contributed by atoms with van der Waals surface area (Å²) in [6.45, 7) is 5.15. The first-order chi connectivity index (χ1) is 8.81. The monoisotopic (exact) mass is 393 g/mol. The van der Waals surface area contributed by atoms with Crippen LogP contribution in [0.25, 0.3) is 0 Å². The minimum absolute atomic E-state index is 0.0258. The summed E-state index contributed by atoms with van der Waals surface area (Å²) in [5.41, 5.74) is 2.52. The van der Waals surface area contributed by atoms with Gasteiger partial charge in [0.1, 0.15) is 5.71 Å². The number of aliphatic carboxylic acids is 1. The number of ether oxygens (including phenoxy) is 1. The Bertz CT molecular complexity index is 518.